The number of rotatable bonds is 8. The van der Waals surface area contributed by atoms with Gasteiger partial charge in [-0.25, -0.2) is 18.6 Å². The van der Waals surface area contributed by atoms with Crippen LogP contribution in [-0.4, -0.2) is 66.6 Å². The molecule has 3 rings (SSSR count). The topological polar surface area (TPSA) is 90.0 Å². The molecule has 2 amide bonds. The Morgan fingerprint density at radius 3 is 2.49 bits per heavy atom. The van der Waals surface area contributed by atoms with Gasteiger partial charge in [0, 0.05) is 25.6 Å². The van der Waals surface area contributed by atoms with Gasteiger partial charge in [-0.05, 0) is 62.2 Å². The summed E-state index contributed by atoms with van der Waals surface area (Å²) in [5, 5.41) is 2.57. The lowest BCUT2D eigenvalue weighted by atomic mass is 10.0. The van der Waals surface area contributed by atoms with Gasteiger partial charge in [0.05, 0.1) is 13.2 Å². The number of nitrogens with one attached hydrogen (secondary N) is 1. The van der Waals surface area contributed by atoms with Gasteiger partial charge in [-0.1, -0.05) is 0 Å². The first-order valence-electron chi connectivity index (χ1n) is 12.1. The average molecular weight is 560 g/mol. The average Bonchev–Trinajstić information content (AvgIpc) is 3.23. The van der Waals surface area contributed by atoms with Gasteiger partial charge in [-0.3, -0.25) is 9.69 Å². The van der Waals surface area contributed by atoms with E-state index in [1.807, 2.05) is 0 Å². The fraction of sp³-hybridized carbons (Fsp3) is 0.500. The van der Waals surface area contributed by atoms with E-state index in [1.54, 1.807) is 20.8 Å². The van der Waals surface area contributed by atoms with E-state index in [0.29, 0.717) is 0 Å². The summed E-state index contributed by atoms with van der Waals surface area (Å²) in [7, 11) is 1.39. The van der Waals surface area contributed by atoms with Crippen molar-refractivity contribution < 1.29 is 45.8 Å². The molecule has 1 saturated heterocycles. The maximum Gasteiger partial charge on any atom is 0.433 e. The van der Waals surface area contributed by atoms with Gasteiger partial charge in [0.1, 0.15) is 35.9 Å². The van der Waals surface area contributed by atoms with Crippen LogP contribution in [0.1, 0.15) is 38.4 Å². The molecule has 2 heterocycles. The van der Waals surface area contributed by atoms with Gasteiger partial charge in [0.25, 0.3) is 0 Å². The number of methoxy groups -OCH3 is 1. The summed E-state index contributed by atoms with van der Waals surface area (Å²) in [5.74, 6) is -1.75. The number of alkyl halides is 4. The third-order valence-corrected chi connectivity index (χ3v) is 5.59. The summed E-state index contributed by atoms with van der Waals surface area (Å²) in [5.41, 5.74) is -1.50. The number of amides is 2. The Balaban J connectivity index is 1.80. The van der Waals surface area contributed by atoms with E-state index in [-0.39, 0.29) is 55.3 Å². The molecule has 1 aromatic heterocycles. The summed E-state index contributed by atoms with van der Waals surface area (Å²) in [6.07, 6.45) is -7.19. The Labute approximate surface area is 222 Å². The van der Waals surface area contributed by atoms with Gasteiger partial charge < -0.3 is 19.5 Å². The van der Waals surface area contributed by atoms with Gasteiger partial charge in [-0.2, -0.15) is 13.2 Å². The molecule has 0 aliphatic carbocycles. The normalized spacial score (nSPS) is 17.7. The molecular formula is C26H30F5N3O5. The summed E-state index contributed by atoms with van der Waals surface area (Å²) >= 11 is 0. The summed E-state index contributed by atoms with van der Waals surface area (Å²) in [4.78, 5) is 29.9. The minimum absolute atomic E-state index is 0.0824. The maximum absolute atomic E-state index is 14.5. The van der Waals surface area contributed by atoms with Crippen molar-refractivity contribution >= 4 is 12.0 Å². The molecule has 0 saturated carbocycles. The highest BCUT2D eigenvalue weighted by atomic mass is 19.4. The number of ether oxygens (including phenoxy) is 3. The predicted molar refractivity (Wildman–Crippen MR) is 130 cm³/mol. The first-order chi connectivity index (χ1) is 18.2. The highest BCUT2D eigenvalue weighted by Crippen LogP contribution is 2.35. The van der Waals surface area contributed by atoms with Crippen molar-refractivity contribution in [2.45, 2.75) is 57.7 Å². The van der Waals surface area contributed by atoms with Crippen LogP contribution in [0.2, 0.25) is 0 Å². The largest absolute Gasteiger partial charge is 0.475 e. The van der Waals surface area contributed by atoms with Crippen molar-refractivity contribution in [2.75, 3.05) is 26.9 Å². The number of halogens is 5. The Morgan fingerprint density at radius 2 is 1.85 bits per heavy atom. The Kier molecular flexibility index (Phi) is 9.36. The molecule has 2 unspecified atom stereocenters. The molecule has 0 radical (unpaired) electrons. The van der Waals surface area contributed by atoms with E-state index in [1.165, 1.54) is 13.2 Å². The molecule has 8 nitrogen and oxygen atoms in total. The number of hydrogen-bond donors (Lipinski definition) is 1. The molecule has 1 N–H and O–H groups in total. The number of pyridine rings is 1. The molecule has 0 bridgehead atoms. The van der Waals surface area contributed by atoms with Crippen LogP contribution in [0.25, 0.3) is 11.1 Å². The molecule has 1 aliphatic rings. The standard InChI is InChI=1S/C26H30F5N3O5/c1-25(2,3)39-24(36)34-14-18(28)12-20(34)22(35)32-13-15-9-16(11-17(27)10-15)19-5-6-21(26(29,30)31)33-23(19)38-8-7-37-4/h5-6,9-11,18,20H,7-8,12-14H2,1-4H3,(H,32,35). The summed E-state index contributed by atoms with van der Waals surface area (Å²) in [6.45, 7) is 4.41. The number of likely N-dealkylation sites (tertiary alicyclic amines) is 1. The van der Waals surface area contributed by atoms with Crippen molar-refractivity contribution in [3.8, 4) is 17.0 Å². The number of aromatic nitrogens is 1. The lowest BCUT2D eigenvalue weighted by molar-refractivity contribution is -0.141. The molecule has 13 heteroatoms. The number of nitrogens with zero attached hydrogens (tertiary/aromatic N) is 2. The SMILES string of the molecule is COCCOc1nc(C(F)(F)F)ccc1-c1cc(F)cc(CNC(=O)C2CC(F)CN2C(=O)OC(C)(C)C)c1. The zero-order chi connectivity index (χ0) is 29.0. The van der Waals surface area contributed by atoms with Gasteiger partial charge in [-0.15, -0.1) is 0 Å². The smallest absolute Gasteiger partial charge is 0.433 e. The lowest BCUT2D eigenvalue weighted by Gasteiger charge is -2.27. The Hall–Kier alpha value is -3.48. The lowest BCUT2D eigenvalue weighted by Crippen LogP contribution is -2.47. The van der Waals surface area contributed by atoms with E-state index in [2.05, 4.69) is 10.3 Å². The third kappa shape index (κ3) is 8.25. The van der Waals surface area contributed by atoms with E-state index < -0.39 is 47.5 Å². The highest BCUT2D eigenvalue weighted by Gasteiger charge is 2.41. The molecule has 39 heavy (non-hydrogen) atoms. The Morgan fingerprint density at radius 1 is 1.13 bits per heavy atom. The molecule has 1 fully saturated rings. The van der Waals surface area contributed by atoms with Crippen molar-refractivity contribution in [2.24, 2.45) is 0 Å². The van der Waals surface area contributed by atoms with Crippen molar-refractivity contribution in [3.05, 3.63) is 47.4 Å². The molecule has 2 atom stereocenters. The van der Waals surface area contributed by atoms with Gasteiger partial charge >= 0.3 is 12.3 Å². The van der Waals surface area contributed by atoms with Crippen LogP contribution >= 0.6 is 0 Å². The zero-order valence-electron chi connectivity index (χ0n) is 21.9. The maximum atomic E-state index is 14.5. The number of hydrogen-bond acceptors (Lipinski definition) is 6. The highest BCUT2D eigenvalue weighted by molar-refractivity contribution is 5.86. The molecule has 0 spiro atoms. The van der Waals surface area contributed by atoms with Crippen molar-refractivity contribution in [1.29, 1.82) is 0 Å². The van der Waals surface area contributed by atoms with Crippen LogP contribution in [0.5, 0.6) is 5.88 Å². The first-order valence-corrected chi connectivity index (χ1v) is 12.1. The molecular weight excluding hydrogens is 529 g/mol. The third-order valence-electron chi connectivity index (χ3n) is 5.59. The van der Waals surface area contributed by atoms with E-state index in [0.717, 1.165) is 29.2 Å². The van der Waals surface area contributed by atoms with Crippen molar-refractivity contribution in [3.63, 3.8) is 0 Å². The number of benzene rings is 1. The van der Waals surface area contributed by atoms with E-state index >= 15 is 0 Å². The molecule has 2 aromatic rings. The summed E-state index contributed by atoms with van der Waals surface area (Å²) in [6, 6.07) is 4.42. The second kappa shape index (κ2) is 12.1. The fourth-order valence-electron chi connectivity index (χ4n) is 3.92. The minimum Gasteiger partial charge on any atom is -0.475 e. The van der Waals surface area contributed by atoms with Crippen molar-refractivity contribution in [1.82, 2.24) is 15.2 Å². The quantitative estimate of drug-likeness (QED) is 0.366. The second-order valence-corrected chi connectivity index (χ2v) is 9.94. The Bertz CT molecular complexity index is 1190. The number of carbonyl (C=O) groups is 2. The van der Waals surface area contributed by atoms with Crippen LogP contribution in [0.3, 0.4) is 0 Å². The monoisotopic (exact) mass is 559 g/mol. The molecule has 214 valence electrons. The predicted octanol–water partition coefficient (Wildman–Crippen LogP) is 4.90. The van der Waals surface area contributed by atoms with E-state index in [4.69, 9.17) is 14.2 Å². The molecule has 1 aromatic carbocycles. The van der Waals surface area contributed by atoms with Crippen LogP contribution in [-0.2, 0) is 27.0 Å². The van der Waals surface area contributed by atoms with Crippen LogP contribution in [0.15, 0.2) is 30.3 Å². The molecule has 1 aliphatic heterocycles. The second-order valence-electron chi connectivity index (χ2n) is 9.94. The fourth-order valence-corrected chi connectivity index (χ4v) is 3.92. The number of carbonyl (C=O) groups excluding carboxylic acids is 2. The van der Waals surface area contributed by atoms with Gasteiger partial charge in [0.2, 0.25) is 11.8 Å². The van der Waals surface area contributed by atoms with Gasteiger partial charge in [0.15, 0.2) is 0 Å². The zero-order valence-corrected chi connectivity index (χ0v) is 21.9. The first kappa shape index (κ1) is 30.1. The van der Waals surface area contributed by atoms with E-state index in [9.17, 15) is 31.5 Å². The van der Waals surface area contributed by atoms with Crippen LogP contribution in [0, 0.1) is 5.82 Å². The van der Waals surface area contributed by atoms with Crippen LogP contribution in [0.4, 0.5) is 26.7 Å². The van der Waals surface area contributed by atoms with Crippen LogP contribution < -0.4 is 10.1 Å². The summed E-state index contributed by atoms with van der Waals surface area (Å²) < 4.78 is 83.8. The minimum atomic E-state index is -4.72.